The van der Waals surface area contributed by atoms with Crippen molar-refractivity contribution >= 4 is 16.7 Å². The molecule has 0 unspecified atom stereocenters. The molecule has 0 radical (unpaired) electrons. The van der Waals surface area contributed by atoms with E-state index in [1.165, 1.54) is 0 Å². The summed E-state index contributed by atoms with van der Waals surface area (Å²) >= 11 is 0. The van der Waals surface area contributed by atoms with Crippen LogP contribution < -0.4 is 0 Å². The molecule has 104 valence electrons. The molecular weight excluding hydrogens is 252 g/mol. The molecule has 20 heavy (non-hydrogen) atoms. The summed E-state index contributed by atoms with van der Waals surface area (Å²) in [7, 11) is 0. The number of carboxylic acids is 1. The molecule has 0 atom stereocenters. The second kappa shape index (κ2) is 5.25. The molecule has 3 nitrogen and oxygen atoms in total. The molecule has 0 saturated carbocycles. The number of benzene rings is 2. The molecule has 3 heteroatoms. The Morgan fingerprint density at radius 1 is 1.10 bits per heavy atom. The minimum Gasteiger partial charge on any atom is -0.481 e. The maximum absolute atomic E-state index is 11.8. The third-order valence-corrected chi connectivity index (χ3v) is 4.31. The first-order valence-corrected chi connectivity index (χ1v) is 6.99. The number of carboxylic acid groups (broad SMARTS) is 1. The second-order valence-electron chi connectivity index (χ2n) is 5.51. The van der Waals surface area contributed by atoms with E-state index < -0.39 is 11.4 Å². The third-order valence-electron chi connectivity index (χ3n) is 4.31. The fourth-order valence-corrected chi connectivity index (χ4v) is 3.04. The number of hydrogen-bond acceptors (Lipinski definition) is 2. The van der Waals surface area contributed by atoms with Crippen molar-refractivity contribution in [3.8, 4) is 0 Å². The highest BCUT2D eigenvalue weighted by Gasteiger charge is 2.40. The summed E-state index contributed by atoms with van der Waals surface area (Å²) in [5, 5.41) is 12.0. The van der Waals surface area contributed by atoms with Crippen molar-refractivity contribution < 1.29 is 14.6 Å². The fraction of sp³-hybridized carbons (Fsp3) is 0.353. The Hall–Kier alpha value is -1.87. The van der Waals surface area contributed by atoms with Crippen LogP contribution in [0.3, 0.4) is 0 Å². The van der Waals surface area contributed by atoms with Gasteiger partial charge in [-0.05, 0) is 35.6 Å². The molecule has 2 aromatic rings. The van der Waals surface area contributed by atoms with Gasteiger partial charge in [0.1, 0.15) is 0 Å². The van der Waals surface area contributed by atoms with Gasteiger partial charge in [0.25, 0.3) is 0 Å². The van der Waals surface area contributed by atoms with Crippen molar-refractivity contribution in [1.82, 2.24) is 0 Å². The molecule has 0 bridgehead atoms. The monoisotopic (exact) mass is 270 g/mol. The lowest BCUT2D eigenvalue weighted by Crippen LogP contribution is -2.39. The van der Waals surface area contributed by atoms with E-state index >= 15 is 0 Å². The quantitative estimate of drug-likeness (QED) is 0.931. The molecule has 1 heterocycles. The van der Waals surface area contributed by atoms with E-state index in [0.29, 0.717) is 32.5 Å². The highest BCUT2D eigenvalue weighted by molar-refractivity contribution is 5.86. The predicted molar refractivity (Wildman–Crippen MR) is 77.8 cm³/mol. The summed E-state index contributed by atoms with van der Waals surface area (Å²) in [6.45, 7) is 1.08. The van der Waals surface area contributed by atoms with Gasteiger partial charge in [-0.3, -0.25) is 4.79 Å². The maximum Gasteiger partial charge on any atom is 0.310 e. The largest absolute Gasteiger partial charge is 0.481 e. The van der Waals surface area contributed by atoms with Gasteiger partial charge >= 0.3 is 5.97 Å². The fourth-order valence-electron chi connectivity index (χ4n) is 3.04. The molecule has 2 aromatic carbocycles. The van der Waals surface area contributed by atoms with Crippen molar-refractivity contribution in [3.05, 3.63) is 48.0 Å². The van der Waals surface area contributed by atoms with Gasteiger partial charge in [0, 0.05) is 13.2 Å². The van der Waals surface area contributed by atoms with Gasteiger partial charge in [-0.25, -0.2) is 0 Å². The Bertz CT molecular complexity index is 622. The van der Waals surface area contributed by atoms with Gasteiger partial charge < -0.3 is 9.84 Å². The third kappa shape index (κ3) is 2.29. The van der Waals surface area contributed by atoms with Gasteiger partial charge in [0.05, 0.1) is 5.41 Å². The van der Waals surface area contributed by atoms with Crippen LogP contribution in [0.5, 0.6) is 0 Å². The second-order valence-corrected chi connectivity index (χ2v) is 5.51. The first-order valence-electron chi connectivity index (χ1n) is 6.99. The van der Waals surface area contributed by atoms with Gasteiger partial charge in [-0.1, -0.05) is 42.5 Å². The molecule has 1 aliphatic heterocycles. The summed E-state index contributed by atoms with van der Waals surface area (Å²) < 4.78 is 5.34. The number of fused-ring (bicyclic) bond motifs is 1. The standard InChI is InChI=1S/C17H18O3/c18-16(19)17(8-10-20-11-9-17)12-14-6-3-5-13-4-1-2-7-15(13)14/h1-7H,8-12H2,(H,18,19). The predicted octanol–water partition coefficient (Wildman–Crippen LogP) is 3.26. The number of hydrogen-bond donors (Lipinski definition) is 1. The van der Waals surface area contributed by atoms with Crippen LogP contribution in [0.1, 0.15) is 18.4 Å². The lowest BCUT2D eigenvalue weighted by molar-refractivity contribution is -0.154. The highest BCUT2D eigenvalue weighted by Crippen LogP contribution is 2.36. The van der Waals surface area contributed by atoms with Crippen LogP contribution in [0.2, 0.25) is 0 Å². The van der Waals surface area contributed by atoms with Crippen molar-refractivity contribution in [2.75, 3.05) is 13.2 Å². The van der Waals surface area contributed by atoms with Crippen molar-refractivity contribution in [3.63, 3.8) is 0 Å². The molecule has 0 spiro atoms. The molecule has 3 rings (SSSR count). The molecular formula is C17H18O3. The average Bonchev–Trinajstić information content (AvgIpc) is 2.48. The van der Waals surface area contributed by atoms with E-state index in [4.69, 9.17) is 4.74 Å². The minimum atomic E-state index is -0.700. The Labute approximate surface area is 118 Å². The van der Waals surface area contributed by atoms with Crippen molar-refractivity contribution in [1.29, 1.82) is 0 Å². The first-order chi connectivity index (χ1) is 9.71. The van der Waals surface area contributed by atoms with Crippen molar-refractivity contribution in [2.24, 2.45) is 5.41 Å². The Kier molecular flexibility index (Phi) is 3.45. The van der Waals surface area contributed by atoms with E-state index in [1.54, 1.807) is 0 Å². The number of ether oxygens (including phenoxy) is 1. The smallest absolute Gasteiger partial charge is 0.310 e. The Morgan fingerprint density at radius 3 is 2.55 bits per heavy atom. The molecule has 1 saturated heterocycles. The SMILES string of the molecule is O=C(O)C1(Cc2cccc3ccccc23)CCOCC1. The van der Waals surface area contributed by atoms with Crippen LogP contribution in [0, 0.1) is 5.41 Å². The van der Waals surface area contributed by atoms with Gasteiger partial charge in [-0.2, -0.15) is 0 Å². The summed E-state index contributed by atoms with van der Waals surface area (Å²) in [5.74, 6) is -0.700. The van der Waals surface area contributed by atoms with E-state index in [2.05, 4.69) is 18.2 Å². The van der Waals surface area contributed by atoms with Gasteiger partial charge in [0.15, 0.2) is 0 Å². The maximum atomic E-state index is 11.8. The zero-order valence-corrected chi connectivity index (χ0v) is 11.3. The van der Waals surface area contributed by atoms with Crippen LogP contribution in [0.25, 0.3) is 10.8 Å². The van der Waals surface area contributed by atoms with E-state index in [0.717, 1.165) is 16.3 Å². The summed E-state index contributed by atoms with van der Waals surface area (Å²) in [6.07, 6.45) is 1.75. The zero-order chi connectivity index (χ0) is 14.0. The van der Waals surface area contributed by atoms with Crippen LogP contribution in [0.4, 0.5) is 0 Å². The first kappa shape index (κ1) is 13.1. The van der Waals surface area contributed by atoms with E-state index in [1.807, 2.05) is 24.3 Å². The molecule has 0 aliphatic carbocycles. The molecule has 1 aliphatic rings. The van der Waals surface area contributed by atoms with Crippen LogP contribution in [-0.4, -0.2) is 24.3 Å². The molecule has 0 amide bonds. The lowest BCUT2D eigenvalue weighted by atomic mass is 9.74. The molecule has 1 N–H and O–H groups in total. The van der Waals surface area contributed by atoms with Crippen LogP contribution >= 0.6 is 0 Å². The highest BCUT2D eigenvalue weighted by atomic mass is 16.5. The molecule has 0 aromatic heterocycles. The van der Waals surface area contributed by atoms with Crippen molar-refractivity contribution in [2.45, 2.75) is 19.3 Å². The van der Waals surface area contributed by atoms with Gasteiger partial charge in [-0.15, -0.1) is 0 Å². The van der Waals surface area contributed by atoms with Gasteiger partial charge in [0.2, 0.25) is 0 Å². The lowest BCUT2D eigenvalue weighted by Gasteiger charge is -2.33. The number of aliphatic carboxylic acids is 1. The number of rotatable bonds is 3. The summed E-state index contributed by atoms with van der Waals surface area (Å²) in [5.41, 5.74) is 0.440. The normalized spacial score (nSPS) is 18.0. The topological polar surface area (TPSA) is 46.5 Å². The molecule has 1 fully saturated rings. The average molecular weight is 270 g/mol. The summed E-state index contributed by atoms with van der Waals surface area (Å²) in [4.78, 5) is 11.8. The minimum absolute atomic E-state index is 0.539. The Morgan fingerprint density at radius 2 is 1.80 bits per heavy atom. The van der Waals surface area contributed by atoms with E-state index in [-0.39, 0.29) is 0 Å². The summed E-state index contributed by atoms with van der Waals surface area (Å²) in [6, 6.07) is 14.3. The number of carbonyl (C=O) groups is 1. The van der Waals surface area contributed by atoms with E-state index in [9.17, 15) is 9.90 Å². The van der Waals surface area contributed by atoms with Crippen LogP contribution in [-0.2, 0) is 16.0 Å². The zero-order valence-electron chi connectivity index (χ0n) is 11.3. The van der Waals surface area contributed by atoms with Crippen LogP contribution in [0.15, 0.2) is 42.5 Å². The Balaban J connectivity index is 2.00.